The SMILES string of the molecule is O=C(NNS(=O)(=O)c1ccc(OC(F)(F)F)cc1)c1cccc(O)c1. The van der Waals surface area contributed by atoms with Gasteiger partial charge in [-0.25, -0.2) is 8.42 Å². The molecule has 0 radical (unpaired) electrons. The summed E-state index contributed by atoms with van der Waals surface area (Å²) in [6, 6.07) is 8.56. The number of carbonyl (C=O) groups excluding carboxylic acids is 1. The second-order valence-corrected chi connectivity index (χ2v) is 6.31. The van der Waals surface area contributed by atoms with Gasteiger partial charge in [0.25, 0.3) is 15.9 Å². The van der Waals surface area contributed by atoms with Crippen LogP contribution in [0.3, 0.4) is 0 Å². The number of hydrogen-bond acceptors (Lipinski definition) is 5. The Morgan fingerprint density at radius 1 is 1.08 bits per heavy atom. The van der Waals surface area contributed by atoms with Crippen LogP contribution in [0.15, 0.2) is 53.4 Å². The Hall–Kier alpha value is -2.79. The lowest BCUT2D eigenvalue weighted by Gasteiger charge is -2.11. The maximum Gasteiger partial charge on any atom is 0.573 e. The molecule has 0 unspecified atom stereocenters. The van der Waals surface area contributed by atoms with Crippen LogP contribution in [0, 0.1) is 0 Å². The van der Waals surface area contributed by atoms with Gasteiger partial charge in [-0.15, -0.1) is 18.0 Å². The van der Waals surface area contributed by atoms with Crippen LogP contribution in [0.5, 0.6) is 11.5 Å². The first kappa shape index (κ1) is 18.5. The summed E-state index contributed by atoms with van der Waals surface area (Å²) in [5.74, 6) is -1.61. The highest BCUT2D eigenvalue weighted by Gasteiger charge is 2.31. The number of rotatable bonds is 5. The highest BCUT2D eigenvalue weighted by Crippen LogP contribution is 2.23. The molecule has 134 valence electrons. The van der Waals surface area contributed by atoms with E-state index in [2.05, 4.69) is 4.74 Å². The van der Waals surface area contributed by atoms with Crippen LogP contribution in [-0.2, 0) is 10.0 Å². The lowest BCUT2D eigenvalue weighted by atomic mass is 10.2. The molecule has 3 N–H and O–H groups in total. The summed E-state index contributed by atoms with van der Waals surface area (Å²) >= 11 is 0. The average Bonchev–Trinajstić information content (AvgIpc) is 2.51. The molecule has 2 aromatic carbocycles. The minimum Gasteiger partial charge on any atom is -0.508 e. The highest BCUT2D eigenvalue weighted by atomic mass is 32.2. The van der Waals surface area contributed by atoms with E-state index in [9.17, 15) is 31.5 Å². The number of aromatic hydroxyl groups is 1. The molecular weight excluding hydrogens is 365 g/mol. The molecule has 2 rings (SSSR count). The Kier molecular flexibility index (Phi) is 5.18. The number of nitrogens with one attached hydrogen (secondary N) is 2. The summed E-state index contributed by atoms with van der Waals surface area (Å²) in [6.45, 7) is 0. The van der Waals surface area contributed by atoms with Crippen molar-refractivity contribution in [3.8, 4) is 11.5 Å². The summed E-state index contributed by atoms with van der Waals surface area (Å²) in [7, 11) is -4.22. The largest absolute Gasteiger partial charge is 0.573 e. The number of carbonyl (C=O) groups is 1. The molecule has 0 saturated carbocycles. The van der Waals surface area contributed by atoms with E-state index in [0.29, 0.717) is 0 Å². The van der Waals surface area contributed by atoms with Crippen molar-refractivity contribution in [2.75, 3.05) is 0 Å². The van der Waals surface area contributed by atoms with Gasteiger partial charge >= 0.3 is 6.36 Å². The van der Waals surface area contributed by atoms with Gasteiger partial charge in [-0.05, 0) is 42.5 Å². The third-order valence-electron chi connectivity index (χ3n) is 2.77. The van der Waals surface area contributed by atoms with Crippen LogP contribution in [-0.4, -0.2) is 25.8 Å². The standard InChI is InChI=1S/C14H11F3N2O5S/c15-14(16,17)24-11-4-6-12(7-5-11)25(22,23)19-18-13(21)9-2-1-3-10(20)8-9/h1-8,19-20H,(H,18,21). The zero-order valence-corrected chi connectivity index (χ0v) is 13.1. The number of phenolic OH excluding ortho intramolecular Hbond substituents is 1. The second-order valence-electron chi connectivity index (χ2n) is 4.63. The predicted octanol–water partition coefficient (Wildman–Crippen LogP) is 1.91. The van der Waals surface area contributed by atoms with E-state index in [1.165, 1.54) is 18.2 Å². The number of sulfonamides is 1. The van der Waals surface area contributed by atoms with Crippen LogP contribution in [0.2, 0.25) is 0 Å². The molecule has 0 aliphatic rings. The predicted molar refractivity (Wildman–Crippen MR) is 79.0 cm³/mol. The van der Waals surface area contributed by atoms with Crippen molar-refractivity contribution >= 4 is 15.9 Å². The molecule has 2 aromatic rings. The summed E-state index contributed by atoms with van der Waals surface area (Å²) in [5.41, 5.74) is 1.92. The van der Waals surface area contributed by atoms with Gasteiger partial charge in [-0.2, -0.15) is 0 Å². The molecule has 11 heteroatoms. The third kappa shape index (κ3) is 5.36. The van der Waals surface area contributed by atoms with Crippen LogP contribution >= 0.6 is 0 Å². The molecule has 0 spiro atoms. The minimum absolute atomic E-state index is 0.00312. The van der Waals surface area contributed by atoms with Gasteiger partial charge in [0.2, 0.25) is 0 Å². The molecule has 0 aliphatic carbocycles. The number of hydrazine groups is 1. The maximum atomic E-state index is 12.1. The molecule has 25 heavy (non-hydrogen) atoms. The van der Waals surface area contributed by atoms with E-state index in [-0.39, 0.29) is 11.3 Å². The quantitative estimate of drug-likeness (QED) is 0.692. The van der Waals surface area contributed by atoms with Crippen LogP contribution in [0.4, 0.5) is 13.2 Å². The maximum absolute atomic E-state index is 12.1. The zero-order chi connectivity index (χ0) is 18.7. The first-order valence-corrected chi connectivity index (χ1v) is 8.02. The van der Waals surface area contributed by atoms with Crippen LogP contribution in [0.1, 0.15) is 10.4 Å². The van der Waals surface area contributed by atoms with Crippen molar-refractivity contribution in [2.24, 2.45) is 0 Å². The molecule has 7 nitrogen and oxygen atoms in total. The normalized spacial score (nSPS) is 11.8. The Morgan fingerprint density at radius 2 is 1.72 bits per heavy atom. The molecule has 0 saturated heterocycles. The highest BCUT2D eigenvalue weighted by molar-refractivity contribution is 7.89. The fraction of sp³-hybridized carbons (Fsp3) is 0.0714. The number of phenols is 1. The monoisotopic (exact) mass is 376 g/mol. The van der Waals surface area contributed by atoms with Crippen LogP contribution in [0.25, 0.3) is 0 Å². The summed E-state index contributed by atoms with van der Waals surface area (Å²) in [5, 5.41) is 9.26. The summed E-state index contributed by atoms with van der Waals surface area (Å²) in [6.07, 6.45) is -4.89. The van der Waals surface area contributed by atoms with Gasteiger partial charge in [-0.1, -0.05) is 6.07 Å². The van der Waals surface area contributed by atoms with E-state index in [0.717, 1.165) is 30.3 Å². The minimum atomic E-state index is -4.89. The zero-order valence-electron chi connectivity index (χ0n) is 12.2. The van der Waals surface area contributed by atoms with Gasteiger partial charge in [0.1, 0.15) is 11.5 Å². The van der Waals surface area contributed by atoms with Crippen molar-refractivity contribution in [1.82, 2.24) is 10.3 Å². The fourth-order valence-corrected chi connectivity index (χ4v) is 2.55. The van der Waals surface area contributed by atoms with Gasteiger partial charge < -0.3 is 9.84 Å². The summed E-state index contributed by atoms with van der Waals surface area (Å²) in [4.78, 5) is 13.2. The number of hydrogen-bond donors (Lipinski definition) is 3. The summed E-state index contributed by atoms with van der Waals surface area (Å²) < 4.78 is 63.8. The van der Waals surface area contributed by atoms with E-state index >= 15 is 0 Å². The molecule has 0 heterocycles. The van der Waals surface area contributed by atoms with Gasteiger partial charge in [0.05, 0.1) is 4.90 Å². The van der Waals surface area contributed by atoms with Gasteiger partial charge in [0, 0.05) is 5.56 Å². The van der Waals surface area contributed by atoms with E-state index in [4.69, 9.17) is 0 Å². The molecular formula is C14H11F3N2O5S. The van der Waals surface area contributed by atoms with Crippen molar-refractivity contribution in [1.29, 1.82) is 0 Å². The molecule has 0 fully saturated rings. The number of amides is 1. The Morgan fingerprint density at radius 3 is 2.28 bits per heavy atom. The van der Waals surface area contributed by atoms with Crippen molar-refractivity contribution in [2.45, 2.75) is 11.3 Å². The molecule has 0 aliphatic heterocycles. The van der Waals surface area contributed by atoms with Crippen molar-refractivity contribution in [3.05, 3.63) is 54.1 Å². The second kappa shape index (κ2) is 6.99. The smallest absolute Gasteiger partial charge is 0.508 e. The lowest BCUT2D eigenvalue weighted by molar-refractivity contribution is -0.274. The Bertz CT molecular complexity index is 867. The topological polar surface area (TPSA) is 105 Å². The molecule has 0 atom stereocenters. The van der Waals surface area contributed by atoms with Gasteiger partial charge in [0.15, 0.2) is 0 Å². The fourth-order valence-electron chi connectivity index (χ4n) is 1.71. The molecule has 0 bridgehead atoms. The lowest BCUT2D eigenvalue weighted by Crippen LogP contribution is -2.41. The van der Waals surface area contributed by atoms with E-state index < -0.39 is 32.9 Å². The Labute approximate surface area is 140 Å². The number of ether oxygens (including phenoxy) is 1. The first-order valence-electron chi connectivity index (χ1n) is 6.54. The van der Waals surface area contributed by atoms with Crippen LogP contribution < -0.4 is 15.0 Å². The van der Waals surface area contributed by atoms with E-state index in [1.807, 2.05) is 5.43 Å². The first-order chi connectivity index (χ1) is 11.6. The molecule has 1 amide bonds. The number of alkyl halides is 3. The third-order valence-corrected chi connectivity index (χ3v) is 4.04. The van der Waals surface area contributed by atoms with Gasteiger partial charge in [-0.3, -0.25) is 10.2 Å². The average molecular weight is 376 g/mol. The van der Waals surface area contributed by atoms with E-state index in [1.54, 1.807) is 4.83 Å². The Balaban J connectivity index is 2.05. The van der Waals surface area contributed by atoms with Crippen molar-refractivity contribution in [3.63, 3.8) is 0 Å². The molecule has 0 aromatic heterocycles. The number of benzene rings is 2. The van der Waals surface area contributed by atoms with Crippen molar-refractivity contribution < 1.29 is 36.2 Å². The number of halogens is 3.